The standard InChI is InChI=1S/C27H28FN3O4/c1-18-11-13-19(14-12-18)25(27(34)30-21-7-2-3-8-21)31(22-9-4-6-20(28)16-22)24(32)17-29-26(33)23-10-5-15-35-23/h4-6,9-16,21,25H,2-3,7-8,17H2,1H3,(H,29,33)(H,30,34)/t25-/m0/s1. The number of amides is 3. The van der Waals surface area contributed by atoms with E-state index >= 15 is 0 Å². The Bertz CT molecular complexity index is 1170. The highest BCUT2D eigenvalue weighted by molar-refractivity contribution is 6.04. The molecule has 0 aliphatic heterocycles. The average Bonchev–Trinajstić information content (AvgIpc) is 3.56. The first kappa shape index (κ1) is 24.2. The summed E-state index contributed by atoms with van der Waals surface area (Å²) >= 11 is 0. The fraction of sp³-hybridized carbons (Fsp3) is 0.296. The topological polar surface area (TPSA) is 91.7 Å². The van der Waals surface area contributed by atoms with Crippen LogP contribution in [0.15, 0.2) is 71.3 Å². The van der Waals surface area contributed by atoms with E-state index in [2.05, 4.69) is 10.6 Å². The van der Waals surface area contributed by atoms with E-state index in [-0.39, 0.29) is 23.4 Å². The molecule has 3 amide bonds. The predicted octanol–water partition coefficient (Wildman–Crippen LogP) is 4.29. The first-order valence-electron chi connectivity index (χ1n) is 11.7. The first-order chi connectivity index (χ1) is 16.9. The van der Waals surface area contributed by atoms with Gasteiger partial charge < -0.3 is 15.1 Å². The van der Waals surface area contributed by atoms with E-state index in [9.17, 15) is 18.8 Å². The van der Waals surface area contributed by atoms with Crippen LogP contribution in [0.25, 0.3) is 0 Å². The fourth-order valence-corrected chi connectivity index (χ4v) is 4.32. The normalized spacial score (nSPS) is 14.3. The highest BCUT2D eigenvalue weighted by Gasteiger charge is 2.34. The number of furan rings is 1. The number of halogens is 1. The van der Waals surface area contributed by atoms with Gasteiger partial charge in [0.05, 0.1) is 12.8 Å². The van der Waals surface area contributed by atoms with Gasteiger partial charge in [-0.15, -0.1) is 0 Å². The third kappa shape index (κ3) is 5.95. The molecule has 0 unspecified atom stereocenters. The third-order valence-corrected chi connectivity index (χ3v) is 6.10. The molecular weight excluding hydrogens is 449 g/mol. The molecule has 1 saturated carbocycles. The Kier molecular flexibility index (Phi) is 7.60. The molecule has 3 aromatic rings. The molecular formula is C27H28FN3O4. The van der Waals surface area contributed by atoms with Gasteiger partial charge in [-0.3, -0.25) is 19.3 Å². The third-order valence-electron chi connectivity index (χ3n) is 6.10. The zero-order chi connectivity index (χ0) is 24.8. The second-order valence-electron chi connectivity index (χ2n) is 8.71. The highest BCUT2D eigenvalue weighted by Crippen LogP contribution is 2.30. The van der Waals surface area contributed by atoms with E-state index in [0.29, 0.717) is 5.56 Å². The average molecular weight is 478 g/mol. The molecule has 2 aromatic carbocycles. The van der Waals surface area contributed by atoms with Gasteiger partial charge in [-0.2, -0.15) is 0 Å². The second kappa shape index (κ2) is 11.0. The Labute approximate surface area is 203 Å². The summed E-state index contributed by atoms with van der Waals surface area (Å²) in [6.07, 6.45) is 5.17. The largest absolute Gasteiger partial charge is 0.459 e. The number of hydrogen-bond acceptors (Lipinski definition) is 4. The summed E-state index contributed by atoms with van der Waals surface area (Å²) in [6.45, 7) is 1.52. The van der Waals surface area contributed by atoms with E-state index in [1.165, 1.54) is 35.4 Å². The molecule has 8 heteroatoms. The Balaban J connectivity index is 1.68. The van der Waals surface area contributed by atoms with Gasteiger partial charge in [-0.1, -0.05) is 48.7 Å². The Morgan fingerprint density at radius 1 is 1.06 bits per heavy atom. The lowest BCUT2D eigenvalue weighted by Crippen LogP contribution is -2.49. The summed E-state index contributed by atoms with van der Waals surface area (Å²) in [5.74, 6) is -1.97. The minimum absolute atomic E-state index is 0.0264. The Morgan fingerprint density at radius 2 is 1.80 bits per heavy atom. The molecule has 7 nitrogen and oxygen atoms in total. The van der Waals surface area contributed by atoms with Gasteiger partial charge >= 0.3 is 0 Å². The van der Waals surface area contributed by atoms with Crippen LogP contribution in [0.3, 0.4) is 0 Å². The molecule has 35 heavy (non-hydrogen) atoms. The maximum absolute atomic E-state index is 14.2. The van der Waals surface area contributed by atoms with E-state index in [1.54, 1.807) is 24.3 Å². The molecule has 1 aliphatic rings. The predicted molar refractivity (Wildman–Crippen MR) is 129 cm³/mol. The SMILES string of the molecule is Cc1ccc([C@@H](C(=O)NC2CCCC2)N(C(=O)CNC(=O)c2ccco2)c2cccc(F)c2)cc1. The lowest BCUT2D eigenvalue weighted by Gasteiger charge is -2.32. The van der Waals surface area contributed by atoms with Crippen molar-refractivity contribution in [2.75, 3.05) is 11.4 Å². The van der Waals surface area contributed by atoms with Crippen LogP contribution < -0.4 is 15.5 Å². The molecule has 0 spiro atoms. The van der Waals surface area contributed by atoms with Crippen molar-refractivity contribution in [2.24, 2.45) is 0 Å². The van der Waals surface area contributed by atoms with E-state index < -0.39 is 30.2 Å². The van der Waals surface area contributed by atoms with Crippen molar-refractivity contribution in [3.63, 3.8) is 0 Å². The number of anilines is 1. The number of hydrogen-bond donors (Lipinski definition) is 2. The number of aryl methyl sites for hydroxylation is 1. The number of carbonyl (C=O) groups is 3. The van der Waals surface area contributed by atoms with Crippen LogP contribution in [-0.4, -0.2) is 30.3 Å². The maximum atomic E-state index is 14.2. The quantitative estimate of drug-likeness (QED) is 0.506. The van der Waals surface area contributed by atoms with Gasteiger partial charge in [-0.25, -0.2) is 4.39 Å². The molecule has 2 N–H and O–H groups in total. The second-order valence-corrected chi connectivity index (χ2v) is 8.71. The Morgan fingerprint density at radius 3 is 2.46 bits per heavy atom. The minimum Gasteiger partial charge on any atom is -0.459 e. The smallest absolute Gasteiger partial charge is 0.287 e. The summed E-state index contributed by atoms with van der Waals surface area (Å²) in [6, 6.07) is 14.8. The summed E-state index contributed by atoms with van der Waals surface area (Å²) in [4.78, 5) is 40.7. The van der Waals surface area contributed by atoms with Crippen LogP contribution in [0.4, 0.5) is 10.1 Å². The van der Waals surface area contributed by atoms with Crippen molar-refractivity contribution >= 4 is 23.4 Å². The molecule has 4 rings (SSSR count). The summed E-state index contributed by atoms with van der Waals surface area (Å²) in [5, 5.41) is 5.60. The molecule has 1 atom stereocenters. The van der Waals surface area contributed by atoms with Crippen molar-refractivity contribution in [3.8, 4) is 0 Å². The van der Waals surface area contributed by atoms with Crippen molar-refractivity contribution < 1.29 is 23.2 Å². The van der Waals surface area contributed by atoms with Crippen molar-refractivity contribution in [1.82, 2.24) is 10.6 Å². The molecule has 1 aliphatic carbocycles. The Hall–Kier alpha value is -3.94. The monoisotopic (exact) mass is 477 g/mol. The summed E-state index contributed by atoms with van der Waals surface area (Å²) < 4.78 is 19.3. The van der Waals surface area contributed by atoms with E-state index in [1.807, 2.05) is 19.1 Å². The molecule has 0 saturated heterocycles. The summed E-state index contributed by atoms with van der Waals surface area (Å²) in [5.41, 5.74) is 1.80. The minimum atomic E-state index is -1.05. The molecule has 1 heterocycles. The highest BCUT2D eigenvalue weighted by atomic mass is 19.1. The van der Waals surface area contributed by atoms with Gasteiger partial charge in [0, 0.05) is 11.7 Å². The van der Waals surface area contributed by atoms with E-state index in [4.69, 9.17) is 4.42 Å². The van der Waals surface area contributed by atoms with Gasteiger partial charge in [0.15, 0.2) is 5.76 Å². The van der Waals surface area contributed by atoms with Crippen LogP contribution in [0, 0.1) is 12.7 Å². The number of nitrogens with one attached hydrogen (secondary N) is 2. The van der Waals surface area contributed by atoms with Crippen molar-refractivity contribution in [1.29, 1.82) is 0 Å². The summed E-state index contributed by atoms with van der Waals surface area (Å²) in [7, 11) is 0. The van der Waals surface area contributed by atoms with Gasteiger partial charge in [0.1, 0.15) is 11.9 Å². The van der Waals surface area contributed by atoms with Crippen LogP contribution in [0.1, 0.15) is 53.4 Å². The lowest BCUT2D eigenvalue weighted by molar-refractivity contribution is -0.126. The molecule has 1 fully saturated rings. The lowest BCUT2D eigenvalue weighted by atomic mass is 10.0. The van der Waals surface area contributed by atoms with Crippen LogP contribution in [-0.2, 0) is 9.59 Å². The fourth-order valence-electron chi connectivity index (χ4n) is 4.32. The zero-order valence-corrected chi connectivity index (χ0v) is 19.5. The van der Waals surface area contributed by atoms with Gasteiger partial charge in [-0.05, 0) is 55.7 Å². The number of nitrogens with zero attached hydrogens (tertiary/aromatic N) is 1. The van der Waals surface area contributed by atoms with Crippen LogP contribution in [0.2, 0.25) is 0 Å². The van der Waals surface area contributed by atoms with E-state index in [0.717, 1.165) is 31.2 Å². The first-order valence-corrected chi connectivity index (χ1v) is 11.7. The van der Waals surface area contributed by atoms with Crippen LogP contribution in [0.5, 0.6) is 0 Å². The molecule has 0 radical (unpaired) electrons. The van der Waals surface area contributed by atoms with Gasteiger partial charge in [0.25, 0.3) is 5.91 Å². The number of rotatable bonds is 8. The van der Waals surface area contributed by atoms with Crippen molar-refractivity contribution in [3.05, 3.63) is 89.6 Å². The van der Waals surface area contributed by atoms with Gasteiger partial charge in [0.2, 0.25) is 11.8 Å². The zero-order valence-electron chi connectivity index (χ0n) is 19.5. The molecule has 1 aromatic heterocycles. The molecule has 182 valence electrons. The van der Waals surface area contributed by atoms with Crippen molar-refractivity contribution in [2.45, 2.75) is 44.7 Å². The molecule has 0 bridgehead atoms. The van der Waals surface area contributed by atoms with Crippen LogP contribution >= 0.6 is 0 Å². The number of benzene rings is 2. The number of carbonyl (C=O) groups excluding carboxylic acids is 3. The maximum Gasteiger partial charge on any atom is 0.287 e.